The molecule has 2 fully saturated rings. The van der Waals surface area contributed by atoms with E-state index < -0.39 is 6.17 Å². The van der Waals surface area contributed by atoms with Crippen LogP contribution in [0.4, 0.5) is 4.39 Å². The first-order valence-electron chi connectivity index (χ1n) is 4.62. The molecule has 0 aromatic carbocycles. The van der Waals surface area contributed by atoms with Crippen molar-refractivity contribution >= 4 is 12.4 Å². The first kappa shape index (κ1) is 10.3. The molecule has 12 heavy (non-hydrogen) atoms. The molecule has 2 unspecified atom stereocenters. The summed E-state index contributed by atoms with van der Waals surface area (Å²) in [5, 5.41) is 3.33. The lowest BCUT2D eigenvalue weighted by Crippen LogP contribution is -2.55. The van der Waals surface area contributed by atoms with E-state index in [4.69, 9.17) is 0 Å². The smallest absolute Gasteiger partial charge is 0.118 e. The number of halogens is 2. The van der Waals surface area contributed by atoms with E-state index in [1.54, 1.807) is 0 Å². The Morgan fingerprint density at radius 1 is 1.33 bits per heavy atom. The number of hydrogen-bond acceptors (Lipinski definition) is 1. The highest BCUT2D eigenvalue weighted by Crippen LogP contribution is 2.44. The second kappa shape index (κ2) is 3.51. The third-order valence-corrected chi connectivity index (χ3v) is 3.22. The average molecular weight is 194 g/mol. The zero-order chi connectivity index (χ0) is 7.90. The molecule has 1 saturated heterocycles. The van der Waals surface area contributed by atoms with Gasteiger partial charge in [0.15, 0.2) is 0 Å². The summed E-state index contributed by atoms with van der Waals surface area (Å²) >= 11 is 0. The van der Waals surface area contributed by atoms with Crippen LogP contribution in [0.15, 0.2) is 0 Å². The maximum Gasteiger partial charge on any atom is 0.118 e. The Hall–Kier alpha value is 0.180. The molecule has 2 aliphatic rings. The highest BCUT2D eigenvalue weighted by atomic mass is 35.5. The van der Waals surface area contributed by atoms with Crippen LogP contribution in [0.3, 0.4) is 0 Å². The maximum absolute atomic E-state index is 13.5. The Morgan fingerprint density at radius 3 is 2.50 bits per heavy atom. The summed E-state index contributed by atoms with van der Waals surface area (Å²) in [4.78, 5) is 0. The van der Waals surface area contributed by atoms with Gasteiger partial charge in [0.05, 0.1) is 0 Å². The van der Waals surface area contributed by atoms with Crippen molar-refractivity contribution in [2.75, 3.05) is 6.54 Å². The van der Waals surface area contributed by atoms with E-state index in [-0.39, 0.29) is 17.9 Å². The third kappa shape index (κ3) is 1.60. The zero-order valence-corrected chi connectivity index (χ0v) is 8.29. The standard InChI is InChI=1S/C9H16FN.ClH/c1-9(7-4-5-7)8(10)3-2-6-11-9;/h7-8,11H,2-6H2,1H3;1H. The predicted octanol–water partition coefficient (Wildman–Crippen LogP) is 2.30. The fraction of sp³-hybridized carbons (Fsp3) is 1.00. The summed E-state index contributed by atoms with van der Waals surface area (Å²) < 4.78 is 13.5. The lowest BCUT2D eigenvalue weighted by Gasteiger charge is -2.38. The molecule has 1 nitrogen and oxygen atoms in total. The van der Waals surface area contributed by atoms with Gasteiger partial charge in [-0.3, -0.25) is 0 Å². The monoisotopic (exact) mass is 193 g/mol. The summed E-state index contributed by atoms with van der Waals surface area (Å²) in [7, 11) is 0. The van der Waals surface area contributed by atoms with Gasteiger partial charge < -0.3 is 5.32 Å². The van der Waals surface area contributed by atoms with E-state index >= 15 is 0 Å². The van der Waals surface area contributed by atoms with E-state index in [1.807, 2.05) is 0 Å². The fourth-order valence-electron chi connectivity index (χ4n) is 2.13. The molecule has 0 bridgehead atoms. The highest BCUT2D eigenvalue weighted by Gasteiger charge is 2.48. The number of hydrogen-bond donors (Lipinski definition) is 1. The Morgan fingerprint density at radius 2 is 2.00 bits per heavy atom. The molecule has 0 aromatic heterocycles. The van der Waals surface area contributed by atoms with Crippen LogP contribution in [-0.2, 0) is 0 Å². The van der Waals surface area contributed by atoms with Crippen molar-refractivity contribution in [2.45, 2.75) is 44.3 Å². The van der Waals surface area contributed by atoms with Gasteiger partial charge in [-0.2, -0.15) is 0 Å². The molecule has 1 saturated carbocycles. The van der Waals surface area contributed by atoms with Gasteiger partial charge >= 0.3 is 0 Å². The van der Waals surface area contributed by atoms with Crippen LogP contribution in [0, 0.1) is 5.92 Å². The molecule has 0 spiro atoms. The largest absolute Gasteiger partial charge is 0.309 e. The first-order valence-corrected chi connectivity index (χ1v) is 4.62. The molecule has 0 amide bonds. The SMILES string of the molecule is CC1(C2CC2)NCCCC1F.Cl. The van der Waals surface area contributed by atoms with Crippen LogP contribution in [0.25, 0.3) is 0 Å². The quantitative estimate of drug-likeness (QED) is 0.674. The van der Waals surface area contributed by atoms with Crippen LogP contribution in [-0.4, -0.2) is 18.3 Å². The molecule has 1 N–H and O–H groups in total. The number of nitrogens with one attached hydrogen (secondary N) is 1. The van der Waals surface area contributed by atoms with Gasteiger partial charge in [0.1, 0.15) is 6.17 Å². The van der Waals surface area contributed by atoms with Crippen molar-refractivity contribution < 1.29 is 4.39 Å². The minimum atomic E-state index is -0.608. The minimum absolute atomic E-state index is 0. The highest BCUT2D eigenvalue weighted by molar-refractivity contribution is 5.85. The zero-order valence-electron chi connectivity index (χ0n) is 7.48. The molecule has 2 atom stereocenters. The van der Waals surface area contributed by atoms with Crippen molar-refractivity contribution in [2.24, 2.45) is 5.92 Å². The Balaban J connectivity index is 0.000000720. The molecule has 1 heterocycles. The Bertz CT molecular complexity index is 161. The van der Waals surface area contributed by atoms with Crippen LogP contribution in [0.2, 0.25) is 0 Å². The molecule has 72 valence electrons. The summed E-state index contributed by atoms with van der Waals surface area (Å²) in [6.45, 7) is 3.06. The van der Waals surface area contributed by atoms with Crippen molar-refractivity contribution in [1.29, 1.82) is 0 Å². The van der Waals surface area contributed by atoms with E-state index in [2.05, 4.69) is 12.2 Å². The molecule has 0 aromatic rings. The molecule has 1 aliphatic heterocycles. The van der Waals surface area contributed by atoms with Gasteiger partial charge in [-0.25, -0.2) is 4.39 Å². The lowest BCUT2D eigenvalue weighted by molar-refractivity contribution is 0.103. The average Bonchev–Trinajstić information content (AvgIpc) is 2.77. The molecule has 1 aliphatic carbocycles. The third-order valence-electron chi connectivity index (χ3n) is 3.22. The second-order valence-corrected chi connectivity index (χ2v) is 4.09. The molecule has 2 rings (SSSR count). The van der Waals surface area contributed by atoms with Gasteiger partial charge in [-0.1, -0.05) is 0 Å². The maximum atomic E-state index is 13.5. The van der Waals surface area contributed by atoms with Crippen LogP contribution in [0.5, 0.6) is 0 Å². The van der Waals surface area contributed by atoms with Crippen LogP contribution >= 0.6 is 12.4 Å². The van der Waals surface area contributed by atoms with Gasteiger partial charge in [0.25, 0.3) is 0 Å². The predicted molar refractivity (Wildman–Crippen MR) is 50.5 cm³/mol. The summed E-state index contributed by atoms with van der Waals surface area (Å²) in [5.74, 6) is 0.623. The Labute approximate surface area is 79.5 Å². The Kier molecular flexibility index (Phi) is 3.00. The fourth-order valence-corrected chi connectivity index (χ4v) is 2.13. The van der Waals surface area contributed by atoms with E-state index in [0.29, 0.717) is 5.92 Å². The van der Waals surface area contributed by atoms with Crippen LogP contribution in [0.1, 0.15) is 32.6 Å². The normalized spacial score (nSPS) is 42.0. The van der Waals surface area contributed by atoms with E-state index in [0.717, 1.165) is 19.4 Å². The van der Waals surface area contributed by atoms with Crippen molar-refractivity contribution in [3.63, 3.8) is 0 Å². The number of alkyl halides is 1. The number of piperidine rings is 1. The summed E-state index contributed by atoms with van der Waals surface area (Å²) in [6.07, 6.45) is 3.61. The first-order chi connectivity index (χ1) is 5.23. The van der Waals surface area contributed by atoms with Gasteiger partial charge in [-0.15, -0.1) is 12.4 Å². The summed E-state index contributed by atoms with van der Waals surface area (Å²) in [6, 6.07) is 0. The molecule has 0 radical (unpaired) electrons. The topological polar surface area (TPSA) is 12.0 Å². The molecular weight excluding hydrogens is 177 g/mol. The molecule has 3 heteroatoms. The lowest BCUT2D eigenvalue weighted by atomic mass is 9.84. The van der Waals surface area contributed by atoms with Gasteiger partial charge in [-0.05, 0) is 45.1 Å². The van der Waals surface area contributed by atoms with Crippen molar-refractivity contribution in [3.8, 4) is 0 Å². The second-order valence-electron chi connectivity index (χ2n) is 4.09. The van der Waals surface area contributed by atoms with Gasteiger partial charge in [0.2, 0.25) is 0 Å². The van der Waals surface area contributed by atoms with Crippen molar-refractivity contribution in [3.05, 3.63) is 0 Å². The summed E-state index contributed by atoms with van der Waals surface area (Å²) in [5.41, 5.74) is -0.168. The molecular formula is C9H17ClFN. The van der Waals surface area contributed by atoms with Crippen LogP contribution < -0.4 is 5.32 Å². The van der Waals surface area contributed by atoms with E-state index in [9.17, 15) is 4.39 Å². The van der Waals surface area contributed by atoms with E-state index in [1.165, 1.54) is 12.8 Å². The van der Waals surface area contributed by atoms with Gasteiger partial charge in [0, 0.05) is 5.54 Å². The van der Waals surface area contributed by atoms with Crippen molar-refractivity contribution in [1.82, 2.24) is 5.32 Å². The minimum Gasteiger partial charge on any atom is -0.309 e. The number of rotatable bonds is 1.